The van der Waals surface area contributed by atoms with Crippen LogP contribution in [-0.2, 0) is 4.79 Å². The normalized spacial score (nSPS) is 10.3. The summed E-state index contributed by atoms with van der Waals surface area (Å²) >= 11 is 1.63. The average molecular weight is 224 g/mol. The van der Waals surface area contributed by atoms with Crippen molar-refractivity contribution in [2.75, 3.05) is 5.75 Å². The molecule has 15 heavy (non-hydrogen) atoms. The lowest BCUT2D eigenvalue weighted by atomic mass is 10.1. The van der Waals surface area contributed by atoms with Crippen LogP contribution < -0.4 is 0 Å². The lowest BCUT2D eigenvalue weighted by Crippen LogP contribution is -1.97. The van der Waals surface area contributed by atoms with E-state index in [-0.39, 0.29) is 6.42 Å². The van der Waals surface area contributed by atoms with Crippen LogP contribution in [0.25, 0.3) is 0 Å². The molecule has 1 aromatic carbocycles. The third kappa shape index (κ3) is 3.59. The fraction of sp³-hybridized carbons (Fsp3) is 0.417. The Kier molecular flexibility index (Phi) is 4.21. The highest BCUT2D eigenvalue weighted by atomic mass is 32.2. The molecule has 1 N–H and O–H groups in total. The standard InChI is InChI=1S/C12H16O2S/c1-8-6-9(2)12(10(3)7-8)15-5-4-11(13)14/h6-7H,4-5H2,1-3H3,(H,13,14). The second kappa shape index (κ2) is 5.21. The molecule has 0 amide bonds. The van der Waals surface area contributed by atoms with Crippen LogP contribution in [-0.4, -0.2) is 16.8 Å². The fourth-order valence-electron chi connectivity index (χ4n) is 1.63. The summed E-state index contributed by atoms with van der Waals surface area (Å²) in [6, 6.07) is 4.27. The summed E-state index contributed by atoms with van der Waals surface area (Å²) < 4.78 is 0. The number of carboxylic acids is 1. The van der Waals surface area contributed by atoms with Crippen LogP contribution in [0.15, 0.2) is 17.0 Å². The van der Waals surface area contributed by atoms with Crippen molar-refractivity contribution in [3.05, 3.63) is 28.8 Å². The summed E-state index contributed by atoms with van der Waals surface area (Å²) in [6.07, 6.45) is 0.220. The molecule has 0 aliphatic rings. The average Bonchev–Trinajstić information content (AvgIpc) is 2.08. The van der Waals surface area contributed by atoms with Crippen molar-refractivity contribution in [2.45, 2.75) is 32.1 Å². The summed E-state index contributed by atoms with van der Waals surface area (Å²) in [4.78, 5) is 11.6. The van der Waals surface area contributed by atoms with E-state index in [1.54, 1.807) is 11.8 Å². The van der Waals surface area contributed by atoms with Gasteiger partial charge in [-0.3, -0.25) is 4.79 Å². The Morgan fingerprint density at radius 3 is 2.27 bits per heavy atom. The number of aryl methyl sites for hydroxylation is 3. The predicted octanol–water partition coefficient (Wildman–Crippen LogP) is 3.18. The van der Waals surface area contributed by atoms with Gasteiger partial charge in [0, 0.05) is 10.6 Å². The first-order chi connectivity index (χ1) is 7.00. The number of hydrogen-bond donors (Lipinski definition) is 1. The highest BCUT2D eigenvalue weighted by Gasteiger charge is 2.05. The van der Waals surface area contributed by atoms with E-state index >= 15 is 0 Å². The molecule has 0 heterocycles. The molecule has 3 heteroatoms. The molecule has 0 aliphatic carbocycles. The number of carbonyl (C=O) groups is 1. The van der Waals surface area contributed by atoms with Crippen LogP contribution in [0.5, 0.6) is 0 Å². The van der Waals surface area contributed by atoms with Crippen molar-refractivity contribution >= 4 is 17.7 Å². The molecule has 0 fully saturated rings. The Morgan fingerprint density at radius 2 is 1.80 bits per heavy atom. The minimum absolute atomic E-state index is 0.220. The molecule has 0 bridgehead atoms. The quantitative estimate of drug-likeness (QED) is 0.798. The van der Waals surface area contributed by atoms with Crippen molar-refractivity contribution in [3.63, 3.8) is 0 Å². The number of hydrogen-bond acceptors (Lipinski definition) is 2. The summed E-state index contributed by atoms with van der Waals surface area (Å²) in [5.41, 5.74) is 3.73. The van der Waals surface area contributed by atoms with Crippen LogP contribution in [0.3, 0.4) is 0 Å². The number of aliphatic carboxylic acids is 1. The first-order valence-electron chi connectivity index (χ1n) is 4.93. The molecule has 0 saturated heterocycles. The van der Waals surface area contributed by atoms with Crippen LogP contribution in [0, 0.1) is 20.8 Å². The van der Waals surface area contributed by atoms with E-state index in [2.05, 4.69) is 32.9 Å². The largest absolute Gasteiger partial charge is 0.481 e. The lowest BCUT2D eigenvalue weighted by molar-refractivity contribution is -0.136. The van der Waals surface area contributed by atoms with Gasteiger partial charge in [0.05, 0.1) is 6.42 Å². The number of carboxylic acid groups (broad SMARTS) is 1. The van der Waals surface area contributed by atoms with Gasteiger partial charge in [0.15, 0.2) is 0 Å². The predicted molar refractivity (Wildman–Crippen MR) is 63.6 cm³/mol. The van der Waals surface area contributed by atoms with Gasteiger partial charge in [-0.1, -0.05) is 17.7 Å². The van der Waals surface area contributed by atoms with E-state index in [0.717, 1.165) is 0 Å². The van der Waals surface area contributed by atoms with Gasteiger partial charge >= 0.3 is 5.97 Å². The molecule has 82 valence electrons. The zero-order chi connectivity index (χ0) is 11.4. The van der Waals surface area contributed by atoms with E-state index in [4.69, 9.17) is 5.11 Å². The third-order valence-electron chi connectivity index (χ3n) is 2.17. The van der Waals surface area contributed by atoms with Crippen molar-refractivity contribution in [2.24, 2.45) is 0 Å². The minimum atomic E-state index is -0.732. The van der Waals surface area contributed by atoms with Crippen LogP contribution in [0.1, 0.15) is 23.1 Å². The molecule has 2 nitrogen and oxygen atoms in total. The third-order valence-corrected chi connectivity index (χ3v) is 3.51. The molecule has 0 spiro atoms. The van der Waals surface area contributed by atoms with E-state index in [0.29, 0.717) is 5.75 Å². The number of thioether (sulfide) groups is 1. The molecule has 0 saturated carbocycles. The highest BCUT2D eigenvalue weighted by molar-refractivity contribution is 7.99. The van der Waals surface area contributed by atoms with Gasteiger partial charge in [-0.25, -0.2) is 0 Å². The summed E-state index contributed by atoms with van der Waals surface area (Å²) in [7, 11) is 0. The zero-order valence-corrected chi connectivity index (χ0v) is 10.1. The van der Waals surface area contributed by atoms with E-state index in [1.165, 1.54) is 21.6 Å². The van der Waals surface area contributed by atoms with Crippen LogP contribution >= 0.6 is 11.8 Å². The minimum Gasteiger partial charge on any atom is -0.481 e. The van der Waals surface area contributed by atoms with E-state index in [9.17, 15) is 4.79 Å². The molecule has 1 rings (SSSR count). The van der Waals surface area contributed by atoms with Gasteiger partial charge in [-0.2, -0.15) is 0 Å². The van der Waals surface area contributed by atoms with Gasteiger partial charge in [0.1, 0.15) is 0 Å². The van der Waals surface area contributed by atoms with Gasteiger partial charge in [0.25, 0.3) is 0 Å². The van der Waals surface area contributed by atoms with Crippen molar-refractivity contribution in [3.8, 4) is 0 Å². The Hall–Kier alpha value is -0.960. The number of rotatable bonds is 4. The van der Waals surface area contributed by atoms with Crippen molar-refractivity contribution in [1.29, 1.82) is 0 Å². The SMILES string of the molecule is Cc1cc(C)c(SCCC(=O)O)c(C)c1. The van der Waals surface area contributed by atoms with Gasteiger partial charge < -0.3 is 5.11 Å². The van der Waals surface area contributed by atoms with E-state index < -0.39 is 5.97 Å². The van der Waals surface area contributed by atoms with Crippen molar-refractivity contribution < 1.29 is 9.90 Å². The molecule has 0 radical (unpaired) electrons. The van der Waals surface area contributed by atoms with Gasteiger partial charge in [-0.05, 0) is 31.9 Å². The molecular formula is C12H16O2S. The maximum absolute atomic E-state index is 10.4. The molecule has 0 unspecified atom stereocenters. The van der Waals surface area contributed by atoms with Crippen LogP contribution in [0.2, 0.25) is 0 Å². The summed E-state index contributed by atoms with van der Waals surface area (Å²) in [5, 5.41) is 8.56. The van der Waals surface area contributed by atoms with E-state index in [1.807, 2.05) is 0 Å². The second-order valence-corrected chi connectivity index (χ2v) is 4.83. The lowest BCUT2D eigenvalue weighted by Gasteiger charge is -2.09. The summed E-state index contributed by atoms with van der Waals surface area (Å²) in [5.74, 6) is -0.0926. The summed E-state index contributed by atoms with van der Waals surface area (Å²) in [6.45, 7) is 6.22. The molecular weight excluding hydrogens is 208 g/mol. The molecule has 1 aromatic rings. The van der Waals surface area contributed by atoms with Crippen LogP contribution in [0.4, 0.5) is 0 Å². The van der Waals surface area contributed by atoms with Gasteiger partial charge in [0.2, 0.25) is 0 Å². The maximum atomic E-state index is 10.4. The smallest absolute Gasteiger partial charge is 0.304 e. The zero-order valence-electron chi connectivity index (χ0n) is 9.33. The number of benzene rings is 1. The Morgan fingerprint density at radius 1 is 1.27 bits per heavy atom. The first-order valence-corrected chi connectivity index (χ1v) is 5.91. The van der Waals surface area contributed by atoms with Gasteiger partial charge in [-0.15, -0.1) is 11.8 Å². The first kappa shape index (κ1) is 12.1. The topological polar surface area (TPSA) is 37.3 Å². The highest BCUT2D eigenvalue weighted by Crippen LogP contribution is 2.27. The van der Waals surface area contributed by atoms with Crippen molar-refractivity contribution in [1.82, 2.24) is 0 Å². The molecule has 0 aliphatic heterocycles. The Bertz CT molecular complexity index is 349. The second-order valence-electron chi connectivity index (χ2n) is 3.72. The Labute approximate surface area is 94.7 Å². The molecule has 0 atom stereocenters. The Balaban J connectivity index is 2.72. The molecule has 0 aromatic heterocycles. The monoisotopic (exact) mass is 224 g/mol. The fourth-order valence-corrected chi connectivity index (χ4v) is 2.69. The maximum Gasteiger partial charge on any atom is 0.304 e.